The fraction of sp³-hybridized carbons (Fsp3) is 0.440. The molecule has 1 atom stereocenters. The SMILES string of the molecule is CC(C)c1cc(-c2nnc(C3CCCN3C=O)n2-c2ccc(N3CCOCC3)nc2)c(O)cc1O. The number of phenolic OH excluding ortho intramolecular Hbond substituents is 2. The van der Waals surface area contributed by atoms with E-state index in [1.807, 2.05) is 30.5 Å². The Morgan fingerprint density at radius 3 is 2.57 bits per heavy atom. The number of carbonyl (C=O) groups excluding carboxylic acids is 1. The molecule has 2 aromatic heterocycles. The molecule has 2 aliphatic rings. The molecule has 2 fully saturated rings. The summed E-state index contributed by atoms with van der Waals surface area (Å²) in [7, 11) is 0. The lowest BCUT2D eigenvalue weighted by molar-refractivity contribution is -0.119. The van der Waals surface area contributed by atoms with Crippen molar-refractivity contribution in [3.63, 3.8) is 0 Å². The summed E-state index contributed by atoms with van der Waals surface area (Å²) in [6.45, 7) is 7.51. The lowest BCUT2D eigenvalue weighted by Crippen LogP contribution is -2.36. The molecule has 3 aromatic rings. The van der Waals surface area contributed by atoms with Crippen LogP contribution in [-0.4, -0.2) is 74.1 Å². The molecule has 0 radical (unpaired) electrons. The molecule has 1 aromatic carbocycles. The van der Waals surface area contributed by atoms with E-state index < -0.39 is 0 Å². The number of rotatable bonds is 6. The number of aromatic nitrogens is 4. The zero-order valence-electron chi connectivity index (χ0n) is 20.0. The van der Waals surface area contributed by atoms with Crippen molar-refractivity contribution in [2.45, 2.75) is 38.6 Å². The zero-order chi connectivity index (χ0) is 24.5. The summed E-state index contributed by atoms with van der Waals surface area (Å²) in [5, 5.41) is 30.1. The second-order valence-electron chi connectivity index (χ2n) is 9.28. The molecule has 2 N–H and O–H groups in total. The minimum atomic E-state index is -0.225. The molecule has 0 bridgehead atoms. The van der Waals surface area contributed by atoms with Crippen molar-refractivity contribution >= 4 is 12.2 Å². The Morgan fingerprint density at radius 1 is 1.09 bits per heavy atom. The standard InChI is InChI=1S/C25H30N6O4/c1-16(2)18-12-19(22(34)13-21(18)33)24-27-28-25(20-4-3-7-30(20)15-32)31(24)17-5-6-23(26-14-17)29-8-10-35-11-9-29/h5-6,12-16,20,33-34H,3-4,7-11H2,1-2H3. The number of benzene rings is 1. The lowest BCUT2D eigenvalue weighted by atomic mass is 9.98. The van der Waals surface area contributed by atoms with Crippen molar-refractivity contribution in [2.75, 3.05) is 37.7 Å². The third-order valence-corrected chi connectivity index (χ3v) is 6.75. The topological polar surface area (TPSA) is 117 Å². The number of ether oxygens (including phenoxy) is 1. The molecule has 0 spiro atoms. The Balaban J connectivity index is 1.63. The molecule has 5 rings (SSSR count). The van der Waals surface area contributed by atoms with Crippen molar-refractivity contribution in [2.24, 2.45) is 0 Å². The van der Waals surface area contributed by atoms with Gasteiger partial charge in [0.15, 0.2) is 11.6 Å². The van der Waals surface area contributed by atoms with Crippen LogP contribution < -0.4 is 4.90 Å². The van der Waals surface area contributed by atoms with E-state index in [1.165, 1.54) is 6.07 Å². The van der Waals surface area contributed by atoms with Crippen LogP contribution in [0.4, 0.5) is 5.82 Å². The fourth-order valence-electron chi connectivity index (χ4n) is 4.86. The van der Waals surface area contributed by atoms with Crippen LogP contribution in [0.15, 0.2) is 30.5 Å². The van der Waals surface area contributed by atoms with Gasteiger partial charge in [0.25, 0.3) is 0 Å². The van der Waals surface area contributed by atoms with Crippen LogP contribution in [0.1, 0.15) is 50.0 Å². The number of carbonyl (C=O) groups is 1. The van der Waals surface area contributed by atoms with Crippen LogP contribution in [0.3, 0.4) is 0 Å². The number of morpholine rings is 1. The van der Waals surface area contributed by atoms with Crippen molar-refractivity contribution in [1.82, 2.24) is 24.6 Å². The monoisotopic (exact) mass is 478 g/mol. The summed E-state index contributed by atoms with van der Waals surface area (Å²) in [4.78, 5) is 20.3. The van der Waals surface area contributed by atoms with Crippen molar-refractivity contribution in [1.29, 1.82) is 0 Å². The van der Waals surface area contributed by atoms with Gasteiger partial charge < -0.3 is 24.7 Å². The Hall–Kier alpha value is -3.66. The van der Waals surface area contributed by atoms with E-state index in [0.29, 0.717) is 42.5 Å². The minimum absolute atomic E-state index is 0.0343. The highest BCUT2D eigenvalue weighted by Gasteiger charge is 2.32. The Morgan fingerprint density at radius 2 is 1.89 bits per heavy atom. The van der Waals surface area contributed by atoms with Crippen LogP contribution in [0, 0.1) is 0 Å². The molecule has 2 aliphatic heterocycles. The van der Waals surface area contributed by atoms with Gasteiger partial charge in [-0.1, -0.05) is 13.8 Å². The predicted octanol–water partition coefficient (Wildman–Crippen LogP) is 2.99. The first-order valence-corrected chi connectivity index (χ1v) is 12.0. The molecule has 4 heterocycles. The van der Waals surface area contributed by atoms with Gasteiger partial charge in [-0.25, -0.2) is 4.98 Å². The molecule has 2 saturated heterocycles. The van der Waals surface area contributed by atoms with Crippen molar-refractivity contribution in [3.8, 4) is 28.6 Å². The lowest BCUT2D eigenvalue weighted by Gasteiger charge is -2.28. The maximum absolute atomic E-state index is 11.7. The molecule has 35 heavy (non-hydrogen) atoms. The molecule has 10 nitrogen and oxygen atoms in total. The largest absolute Gasteiger partial charge is 0.508 e. The molecule has 184 valence electrons. The Labute approximate surface area is 203 Å². The zero-order valence-corrected chi connectivity index (χ0v) is 20.0. The maximum atomic E-state index is 11.7. The summed E-state index contributed by atoms with van der Waals surface area (Å²) in [6.07, 6.45) is 4.27. The number of pyridine rings is 1. The molecule has 0 aliphatic carbocycles. The first-order chi connectivity index (χ1) is 17.0. The van der Waals surface area contributed by atoms with Gasteiger partial charge in [0, 0.05) is 25.7 Å². The number of hydrogen-bond donors (Lipinski definition) is 2. The smallest absolute Gasteiger partial charge is 0.210 e. The molecule has 10 heteroatoms. The van der Waals surface area contributed by atoms with Gasteiger partial charge in [0.1, 0.15) is 17.3 Å². The Kier molecular flexibility index (Phi) is 6.29. The van der Waals surface area contributed by atoms with Crippen LogP contribution in [0.5, 0.6) is 11.5 Å². The highest BCUT2D eigenvalue weighted by atomic mass is 16.5. The molecular weight excluding hydrogens is 448 g/mol. The van der Waals surface area contributed by atoms with Gasteiger partial charge in [-0.15, -0.1) is 10.2 Å². The van der Waals surface area contributed by atoms with E-state index in [4.69, 9.17) is 9.72 Å². The first kappa shape index (κ1) is 23.1. The molecular formula is C25H30N6O4. The molecule has 1 amide bonds. The summed E-state index contributed by atoms with van der Waals surface area (Å²) in [5.74, 6) is 1.89. The van der Waals surface area contributed by atoms with Gasteiger partial charge in [0.05, 0.1) is 36.7 Å². The van der Waals surface area contributed by atoms with E-state index in [1.54, 1.807) is 17.2 Å². The Bertz CT molecular complexity index is 1200. The van der Waals surface area contributed by atoms with E-state index in [9.17, 15) is 15.0 Å². The summed E-state index contributed by atoms with van der Waals surface area (Å²) in [6, 6.07) is 6.78. The normalized spacial score (nSPS) is 18.4. The number of hydrogen-bond acceptors (Lipinski definition) is 8. The molecule has 0 saturated carbocycles. The second-order valence-corrected chi connectivity index (χ2v) is 9.28. The number of anilines is 1. The summed E-state index contributed by atoms with van der Waals surface area (Å²) >= 11 is 0. The van der Waals surface area contributed by atoms with E-state index in [0.717, 1.165) is 43.8 Å². The number of likely N-dealkylation sites (tertiary alicyclic amines) is 1. The fourth-order valence-corrected chi connectivity index (χ4v) is 4.86. The number of nitrogens with zero attached hydrogens (tertiary/aromatic N) is 6. The third-order valence-electron chi connectivity index (χ3n) is 6.75. The number of phenols is 2. The quantitative estimate of drug-likeness (QED) is 0.520. The van der Waals surface area contributed by atoms with Gasteiger partial charge in [-0.05, 0) is 42.5 Å². The first-order valence-electron chi connectivity index (χ1n) is 12.0. The van der Waals surface area contributed by atoms with Crippen LogP contribution >= 0.6 is 0 Å². The van der Waals surface area contributed by atoms with Gasteiger partial charge in [-0.3, -0.25) is 9.36 Å². The highest BCUT2D eigenvalue weighted by Crippen LogP contribution is 2.40. The van der Waals surface area contributed by atoms with E-state index in [2.05, 4.69) is 15.1 Å². The second kappa shape index (κ2) is 9.53. The van der Waals surface area contributed by atoms with Crippen molar-refractivity contribution < 1.29 is 19.7 Å². The summed E-state index contributed by atoms with van der Waals surface area (Å²) < 4.78 is 7.30. The minimum Gasteiger partial charge on any atom is -0.508 e. The summed E-state index contributed by atoms with van der Waals surface area (Å²) in [5.41, 5.74) is 1.89. The average Bonchev–Trinajstić information content (AvgIpc) is 3.51. The average molecular weight is 479 g/mol. The van der Waals surface area contributed by atoms with E-state index in [-0.39, 0.29) is 23.5 Å². The third kappa shape index (κ3) is 4.29. The van der Waals surface area contributed by atoms with Gasteiger partial charge in [-0.2, -0.15) is 0 Å². The van der Waals surface area contributed by atoms with Crippen LogP contribution in [0.25, 0.3) is 17.1 Å². The number of amides is 1. The van der Waals surface area contributed by atoms with E-state index >= 15 is 0 Å². The predicted molar refractivity (Wildman–Crippen MR) is 130 cm³/mol. The number of aromatic hydroxyl groups is 2. The highest BCUT2D eigenvalue weighted by molar-refractivity contribution is 5.69. The van der Waals surface area contributed by atoms with Crippen LogP contribution in [0.2, 0.25) is 0 Å². The molecule has 1 unspecified atom stereocenters. The maximum Gasteiger partial charge on any atom is 0.210 e. The van der Waals surface area contributed by atoms with Crippen molar-refractivity contribution in [3.05, 3.63) is 41.9 Å². The van der Waals surface area contributed by atoms with Gasteiger partial charge in [0.2, 0.25) is 6.41 Å². The van der Waals surface area contributed by atoms with Gasteiger partial charge >= 0.3 is 0 Å². The van der Waals surface area contributed by atoms with Crippen LogP contribution in [-0.2, 0) is 9.53 Å².